The van der Waals surface area contributed by atoms with Gasteiger partial charge >= 0.3 is 0 Å². The summed E-state index contributed by atoms with van der Waals surface area (Å²) in [5.41, 5.74) is 2.40. The van der Waals surface area contributed by atoms with Gasteiger partial charge in [0.1, 0.15) is 12.7 Å². The summed E-state index contributed by atoms with van der Waals surface area (Å²) < 4.78 is 6.96. The zero-order valence-electron chi connectivity index (χ0n) is 10.7. The highest BCUT2D eigenvalue weighted by Crippen LogP contribution is 2.13. The maximum atomic E-state index is 5.53. The molecule has 0 aliphatic carbocycles. The molecule has 10 nitrogen and oxygen atoms in total. The first kappa shape index (κ1) is 12.7. The molecule has 1 aliphatic heterocycles. The van der Waals surface area contributed by atoms with E-state index in [9.17, 15) is 0 Å². The van der Waals surface area contributed by atoms with Gasteiger partial charge in [0.15, 0.2) is 0 Å². The van der Waals surface area contributed by atoms with Crippen LogP contribution < -0.4 is 16.6 Å². The topological polar surface area (TPSA) is 129 Å². The highest BCUT2D eigenvalue weighted by Gasteiger charge is 2.16. The van der Waals surface area contributed by atoms with Crippen LogP contribution in [0.1, 0.15) is 12.8 Å². The fourth-order valence-corrected chi connectivity index (χ4v) is 1.93. The van der Waals surface area contributed by atoms with Crippen LogP contribution in [0.5, 0.6) is 0 Å². The highest BCUT2D eigenvalue weighted by molar-refractivity contribution is 5.36. The Morgan fingerprint density at radius 3 is 2.95 bits per heavy atom. The number of rotatable bonds is 5. The zero-order chi connectivity index (χ0) is 13.8. The lowest BCUT2D eigenvalue weighted by molar-refractivity contribution is 0.120. The molecule has 0 spiro atoms. The second kappa shape index (κ2) is 5.75. The van der Waals surface area contributed by atoms with Gasteiger partial charge in [-0.15, -0.1) is 0 Å². The number of hydrogen-bond donors (Lipinski definition) is 3. The number of nitrogens with two attached hydrogens (primary N) is 1. The van der Waals surface area contributed by atoms with Gasteiger partial charge in [0, 0.05) is 13.2 Å². The number of anilines is 2. The number of aromatic nitrogens is 6. The third kappa shape index (κ3) is 2.81. The summed E-state index contributed by atoms with van der Waals surface area (Å²) in [4.78, 5) is 16.4. The second-order valence-electron chi connectivity index (χ2n) is 4.28. The Labute approximate surface area is 114 Å². The lowest BCUT2D eigenvalue weighted by Crippen LogP contribution is -2.21. The Balaban J connectivity index is 1.77. The molecule has 106 valence electrons. The van der Waals surface area contributed by atoms with Crippen LogP contribution in [0.3, 0.4) is 0 Å². The standard InChI is InChI=1S/C10H15N9O/c11-18-9-15-8(13-4-7-2-1-3-20-7)16-10(17-9)19-6-12-5-14-19/h5-7H,1-4,11H2,(H2,13,15,16,17,18). The molecular weight excluding hydrogens is 262 g/mol. The number of hydrazine groups is 1. The van der Waals surface area contributed by atoms with E-state index in [-0.39, 0.29) is 12.1 Å². The van der Waals surface area contributed by atoms with Crippen LogP contribution in [0.15, 0.2) is 12.7 Å². The van der Waals surface area contributed by atoms with Gasteiger partial charge in [-0.05, 0) is 12.8 Å². The largest absolute Gasteiger partial charge is 0.376 e. The molecule has 0 aromatic carbocycles. The molecular formula is C10H15N9O. The van der Waals surface area contributed by atoms with Crippen LogP contribution in [0.2, 0.25) is 0 Å². The van der Waals surface area contributed by atoms with Crippen molar-refractivity contribution in [2.24, 2.45) is 5.84 Å². The number of nitrogen functional groups attached to an aromatic ring is 1. The minimum atomic E-state index is 0.191. The molecule has 3 heterocycles. The molecule has 4 N–H and O–H groups in total. The highest BCUT2D eigenvalue weighted by atomic mass is 16.5. The first-order chi connectivity index (χ1) is 9.85. The van der Waals surface area contributed by atoms with Crippen molar-refractivity contribution in [3.63, 3.8) is 0 Å². The Morgan fingerprint density at radius 2 is 2.25 bits per heavy atom. The van der Waals surface area contributed by atoms with Crippen molar-refractivity contribution in [3.8, 4) is 5.95 Å². The summed E-state index contributed by atoms with van der Waals surface area (Å²) in [5.74, 6) is 6.35. The summed E-state index contributed by atoms with van der Waals surface area (Å²) in [5, 5.41) is 7.09. The number of ether oxygens (including phenoxy) is 1. The van der Waals surface area contributed by atoms with Crippen molar-refractivity contribution >= 4 is 11.9 Å². The van der Waals surface area contributed by atoms with Gasteiger partial charge in [-0.1, -0.05) is 0 Å². The molecule has 20 heavy (non-hydrogen) atoms. The minimum absolute atomic E-state index is 0.191. The summed E-state index contributed by atoms with van der Waals surface area (Å²) in [6.07, 6.45) is 5.22. The predicted octanol–water partition coefficient (Wildman–Crippen LogP) is -0.671. The fourth-order valence-electron chi connectivity index (χ4n) is 1.93. The van der Waals surface area contributed by atoms with E-state index in [4.69, 9.17) is 10.6 Å². The number of nitrogens with zero attached hydrogens (tertiary/aromatic N) is 6. The maximum Gasteiger partial charge on any atom is 0.258 e. The molecule has 2 aromatic heterocycles. The van der Waals surface area contributed by atoms with Gasteiger partial charge in [0.05, 0.1) is 6.10 Å². The monoisotopic (exact) mass is 277 g/mol. The quantitative estimate of drug-likeness (QED) is 0.481. The molecule has 0 amide bonds. The minimum Gasteiger partial charge on any atom is -0.376 e. The van der Waals surface area contributed by atoms with Crippen molar-refractivity contribution in [3.05, 3.63) is 12.7 Å². The van der Waals surface area contributed by atoms with Gasteiger partial charge in [0.25, 0.3) is 5.95 Å². The van der Waals surface area contributed by atoms with E-state index in [1.807, 2.05) is 0 Å². The van der Waals surface area contributed by atoms with Crippen molar-refractivity contribution < 1.29 is 4.74 Å². The third-order valence-corrected chi connectivity index (χ3v) is 2.89. The van der Waals surface area contributed by atoms with Crippen LogP contribution in [0.4, 0.5) is 11.9 Å². The molecule has 0 radical (unpaired) electrons. The number of nitrogens with one attached hydrogen (secondary N) is 2. The van der Waals surface area contributed by atoms with E-state index in [0.717, 1.165) is 19.4 Å². The lowest BCUT2D eigenvalue weighted by Gasteiger charge is -2.11. The molecule has 2 aromatic rings. The Bertz CT molecular complexity index is 552. The molecule has 1 aliphatic rings. The zero-order valence-corrected chi connectivity index (χ0v) is 10.7. The summed E-state index contributed by atoms with van der Waals surface area (Å²) in [7, 11) is 0. The van der Waals surface area contributed by atoms with E-state index in [1.165, 1.54) is 17.3 Å². The van der Waals surface area contributed by atoms with Gasteiger partial charge in [-0.2, -0.15) is 24.7 Å². The van der Waals surface area contributed by atoms with E-state index < -0.39 is 0 Å². The second-order valence-corrected chi connectivity index (χ2v) is 4.28. The van der Waals surface area contributed by atoms with E-state index in [2.05, 4.69) is 35.8 Å². The van der Waals surface area contributed by atoms with Gasteiger partial charge in [-0.3, -0.25) is 5.43 Å². The van der Waals surface area contributed by atoms with E-state index >= 15 is 0 Å². The molecule has 0 bridgehead atoms. The fraction of sp³-hybridized carbons (Fsp3) is 0.500. The maximum absolute atomic E-state index is 5.53. The molecule has 10 heteroatoms. The van der Waals surface area contributed by atoms with Gasteiger partial charge < -0.3 is 10.1 Å². The van der Waals surface area contributed by atoms with Crippen molar-refractivity contribution in [2.75, 3.05) is 23.9 Å². The third-order valence-electron chi connectivity index (χ3n) is 2.89. The van der Waals surface area contributed by atoms with Crippen molar-refractivity contribution in [2.45, 2.75) is 18.9 Å². The van der Waals surface area contributed by atoms with E-state index in [1.54, 1.807) is 0 Å². The summed E-state index contributed by atoms with van der Waals surface area (Å²) in [6, 6.07) is 0. The average molecular weight is 277 g/mol. The Hall–Kier alpha value is -2.33. The van der Waals surface area contributed by atoms with Gasteiger partial charge in [0.2, 0.25) is 11.9 Å². The smallest absolute Gasteiger partial charge is 0.258 e. The predicted molar refractivity (Wildman–Crippen MR) is 70.0 cm³/mol. The van der Waals surface area contributed by atoms with Crippen molar-refractivity contribution in [1.29, 1.82) is 0 Å². The van der Waals surface area contributed by atoms with Gasteiger partial charge in [-0.25, -0.2) is 10.8 Å². The average Bonchev–Trinajstić information content (AvgIpc) is 3.17. The normalized spacial score (nSPS) is 18.1. The Morgan fingerprint density at radius 1 is 1.35 bits per heavy atom. The van der Waals surface area contributed by atoms with Crippen molar-refractivity contribution in [1.82, 2.24) is 29.7 Å². The first-order valence-electron chi connectivity index (χ1n) is 6.28. The van der Waals surface area contributed by atoms with Crippen LogP contribution in [0, 0.1) is 0 Å². The lowest BCUT2D eigenvalue weighted by atomic mass is 10.2. The molecule has 1 fully saturated rings. The molecule has 3 rings (SSSR count). The Kier molecular flexibility index (Phi) is 3.65. The molecule has 0 saturated carbocycles. The molecule has 1 saturated heterocycles. The molecule has 1 atom stereocenters. The van der Waals surface area contributed by atoms with Crippen LogP contribution in [0.25, 0.3) is 5.95 Å². The van der Waals surface area contributed by atoms with Crippen LogP contribution in [-0.4, -0.2) is 49.0 Å². The van der Waals surface area contributed by atoms with E-state index in [0.29, 0.717) is 18.4 Å². The van der Waals surface area contributed by atoms with Crippen LogP contribution >= 0.6 is 0 Å². The first-order valence-corrected chi connectivity index (χ1v) is 6.28. The summed E-state index contributed by atoms with van der Waals surface area (Å²) >= 11 is 0. The number of hydrogen-bond acceptors (Lipinski definition) is 9. The molecule has 1 unspecified atom stereocenters. The SMILES string of the molecule is NNc1nc(NCC2CCCO2)nc(-n2cncn2)n1. The summed E-state index contributed by atoms with van der Waals surface area (Å²) in [6.45, 7) is 1.45. The van der Waals surface area contributed by atoms with Crippen LogP contribution in [-0.2, 0) is 4.74 Å².